The fraction of sp³-hybridized carbons (Fsp3) is 0.727. The van der Waals surface area contributed by atoms with Crippen LogP contribution >= 0.6 is 0 Å². The maximum atomic E-state index is 12.1. The molecule has 1 aromatic heterocycles. The van der Waals surface area contributed by atoms with Gasteiger partial charge in [0.2, 0.25) is 10.0 Å². The van der Waals surface area contributed by atoms with Gasteiger partial charge >= 0.3 is 0 Å². The third kappa shape index (κ3) is 1.70. The molecule has 0 N–H and O–H groups in total. The number of aromatic nitrogens is 2. The first-order valence-corrected chi connectivity index (χ1v) is 7.50. The molecule has 1 aromatic rings. The van der Waals surface area contributed by atoms with Crippen molar-refractivity contribution < 1.29 is 8.42 Å². The molecule has 5 nitrogen and oxygen atoms in total. The molecule has 0 atom stereocenters. The molecule has 17 heavy (non-hydrogen) atoms. The highest BCUT2D eigenvalue weighted by Gasteiger charge is 2.41. The standard InChI is InChI=1S/C11H17N3O2S/c1-8-12-10-7-14(6-5-11(10)13(8)2)17(15,16)9-3-4-9/h9H,3-7H2,1-2H3. The summed E-state index contributed by atoms with van der Waals surface area (Å²) < 4.78 is 28.0. The average molecular weight is 255 g/mol. The summed E-state index contributed by atoms with van der Waals surface area (Å²) in [7, 11) is -1.06. The Balaban J connectivity index is 1.90. The molecule has 2 aliphatic rings. The van der Waals surface area contributed by atoms with Crippen LogP contribution in [0, 0.1) is 6.92 Å². The molecule has 0 aromatic carbocycles. The molecule has 1 aliphatic carbocycles. The van der Waals surface area contributed by atoms with Crippen molar-refractivity contribution in [3.05, 3.63) is 17.2 Å². The fourth-order valence-corrected chi connectivity index (χ4v) is 4.23. The Bertz CT molecular complexity index is 558. The molecule has 0 amide bonds. The van der Waals surface area contributed by atoms with Gasteiger partial charge in [0, 0.05) is 25.7 Å². The van der Waals surface area contributed by atoms with E-state index in [9.17, 15) is 8.42 Å². The van der Waals surface area contributed by atoms with E-state index in [1.54, 1.807) is 4.31 Å². The van der Waals surface area contributed by atoms with E-state index in [0.29, 0.717) is 13.1 Å². The first-order chi connectivity index (χ1) is 8.00. The van der Waals surface area contributed by atoms with Gasteiger partial charge in [-0.3, -0.25) is 0 Å². The Labute approximate surface area is 101 Å². The zero-order valence-electron chi connectivity index (χ0n) is 10.2. The van der Waals surface area contributed by atoms with Gasteiger partial charge < -0.3 is 4.57 Å². The van der Waals surface area contributed by atoms with Gasteiger partial charge in [-0.15, -0.1) is 0 Å². The van der Waals surface area contributed by atoms with Crippen LogP contribution in [-0.4, -0.2) is 34.1 Å². The molecule has 3 rings (SSSR count). The van der Waals surface area contributed by atoms with Gasteiger partial charge in [-0.1, -0.05) is 0 Å². The van der Waals surface area contributed by atoms with Gasteiger partial charge in [-0.25, -0.2) is 13.4 Å². The third-order valence-electron chi connectivity index (χ3n) is 3.75. The quantitative estimate of drug-likeness (QED) is 0.776. The monoisotopic (exact) mass is 255 g/mol. The highest BCUT2D eigenvalue weighted by molar-refractivity contribution is 7.90. The van der Waals surface area contributed by atoms with E-state index in [4.69, 9.17) is 0 Å². The second-order valence-corrected chi connectivity index (χ2v) is 7.15. The van der Waals surface area contributed by atoms with E-state index in [-0.39, 0.29) is 5.25 Å². The molecule has 0 spiro atoms. The summed E-state index contributed by atoms with van der Waals surface area (Å²) in [4.78, 5) is 4.45. The average Bonchev–Trinajstić information content (AvgIpc) is 3.08. The number of hydrogen-bond acceptors (Lipinski definition) is 3. The van der Waals surface area contributed by atoms with Crippen LogP contribution < -0.4 is 0 Å². The SMILES string of the molecule is Cc1nc2c(n1C)CCN(S(=O)(=O)C1CC1)C2. The zero-order chi connectivity index (χ0) is 12.2. The van der Waals surface area contributed by atoms with Crippen molar-refractivity contribution in [3.63, 3.8) is 0 Å². The lowest BCUT2D eigenvalue weighted by Gasteiger charge is -2.26. The van der Waals surface area contributed by atoms with Crippen molar-refractivity contribution >= 4 is 10.0 Å². The highest BCUT2D eigenvalue weighted by atomic mass is 32.2. The van der Waals surface area contributed by atoms with Crippen molar-refractivity contribution in [2.45, 2.75) is 38.0 Å². The second kappa shape index (κ2) is 3.55. The van der Waals surface area contributed by atoms with Crippen LogP contribution in [0.15, 0.2) is 0 Å². The molecule has 6 heteroatoms. The third-order valence-corrected chi connectivity index (χ3v) is 6.10. The number of fused-ring (bicyclic) bond motifs is 1. The molecule has 0 saturated heterocycles. The lowest BCUT2D eigenvalue weighted by atomic mass is 10.2. The minimum Gasteiger partial charge on any atom is -0.335 e. The van der Waals surface area contributed by atoms with Crippen molar-refractivity contribution in [3.8, 4) is 0 Å². The molecule has 0 bridgehead atoms. The van der Waals surface area contributed by atoms with Crippen LogP contribution in [0.2, 0.25) is 0 Å². The predicted octanol–water partition coefficient (Wildman–Crippen LogP) is 0.579. The Morgan fingerprint density at radius 3 is 2.71 bits per heavy atom. The molecule has 0 unspecified atom stereocenters. The van der Waals surface area contributed by atoms with Crippen LogP contribution in [-0.2, 0) is 30.0 Å². The van der Waals surface area contributed by atoms with Gasteiger partial charge in [0.1, 0.15) is 5.82 Å². The summed E-state index contributed by atoms with van der Waals surface area (Å²) in [5.41, 5.74) is 2.12. The van der Waals surface area contributed by atoms with Crippen LogP contribution in [0.25, 0.3) is 0 Å². The molecule has 1 saturated carbocycles. The van der Waals surface area contributed by atoms with E-state index in [1.165, 1.54) is 5.69 Å². The van der Waals surface area contributed by atoms with Crippen LogP contribution in [0.5, 0.6) is 0 Å². The number of sulfonamides is 1. The van der Waals surface area contributed by atoms with Gasteiger partial charge in [0.25, 0.3) is 0 Å². The summed E-state index contributed by atoms with van der Waals surface area (Å²) in [5, 5.41) is -0.117. The summed E-state index contributed by atoms with van der Waals surface area (Å²) in [5.74, 6) is 0.959. The number of nitrogens with zero attached hydrogens (tertiary/aromatic N) is 3. The Morgan fingerprint density at radius 1 is 1.35 bits per heavy atom. The smallest absolute Gasteiger partial charge is 0.217 e. The summed E-state index contributed by atoms with van der Waals surface area (Å²) in [6, 6.07) is 0. The molecule has 1 aliphatic heterocycles. The van der Waals surface area contributed by atoms with Gasteiger partial charge in [-0.2, -0.15) is 4.31 Å². The topological polar surface area (TPSA) is 55.2 Å². The van der Waals surface area contributed by atoms with Crippen molar-refractivity contribution in [2.24, 2.45) is 7.05 Å². The van der Waals surface area contributed by atoms with Gasteiger partial charge in [0.15, 0.2) is 0 Å². The molecule has 94 valence electrons. The Hall–Kier alpha value is -0.880. The summed E-state index contributed by atoms with van der Waals surface area (Å²) in [6.07, 6.45) is 2.43. The van der Waals surface area contributed by atoms with Crippen LogP contribution in [0.3, 0.4) is 0 Å². The fourth-order valence-electron chi connectivity index (χ4n) is 2.43. The first kappa shape index (κ1) is 11.2. The first-order valence-electron chi connectivity index (χ1n) is 6.00. The van der Waals surface area contributed by atoms with Crippen molar-refractivity contribution in [1.29, 1.82) is 0 Å². The normalized spacial score (nSPS) is 21.5. The lowest BCUT2D eigenvalue weighted by Crippen LogP contribution is -2.38. The molecule has 1 fully saturated rings. The highest BCUT2D eigenvalue weighted by Crippen LogP contribution is 2.33. The maximum Gasteiger partial charge on any atom is 0.217 e. The van der Waals surface area contributed by atoms with Crippen LogP contribution in [0.4, 0.5) is 0 Å². The van der Waals surface area contributed by atoms with E-state index >= 15 is 0 Å². The van der Waals surface area contributed by atoms with Crippen molar-refractivity contribution in [1.82, 2.24) is 13.9 Å². The second-order valence-electron chi connectivity index (χ2n) is 4.94. The predicted molar refractivity (Wildman–Crippen MR) is 64.0 cm³/mol. The molecular weight excluding hydrogens is 238 g/mol. The van der Waals surface area contributed by atoms with Gasteiger partial charge in [0.05, 0.1) is 17.5 Å². The Kier molecular flexibility index (Phi) is 2.35. The minimum atomic E-state index is -3.05. The number of imidazole rings is 1. The Morgan fingerprint density at radius 2 is 2.06 bits per heavy atom. The van der Waals surface area contributed by atoms with E-state index in [1.807, 2.05) is 14.0 Å². The summed E-state index contributed by atoms with van der Waals surface area (Å²) >= 11 is 0. The van der Waals surface area contributed by atoms with E-state index in [0.717, 1.165) is 30.8 Å². The zero-order valence-corrected chi connectivity index (χ0v) is 11.0. The molecule has 2 heterocycles. The lowest BCUT2D eigenvalue weighted by molar-refractivity contribution is 0.382. The largest absolute Gasteiger partial charge is 0.335 e. The minimum absolute atomic E-state index is 0.117. The van der Waals surface area contributed by atoms with Gasteiger partial charge in [-0.05, 0) is 19.8 Å². The number of aryl methyl sites for hydroxylation is 1. The number of hydrogen-bond donors (Lipinski definition) is 0. The van der Waals surface area contributed by atoms with E-state index < -0.39 is 10.0 Å². The van der Waals surface area contributed by atoms with E-state index in [2.05, 4.69) is 9.55 Å². The molecule has 0 radical (unpaired) electrons. The molecular formula is C11H17N3O2S. The maximum absolute atomic E-state index is 12.1. The van der Waals surface area contributed by atoms with Crippen LogP contribution in [0.1, 0.15) is 30.1 Å². The number of rotatable bonds is 2. The summed E-state index contributed by atoms with van der Waals surface area (Å²) in [6.45, 7) is 3.01. The van der Waals surface area contributed by atoms with Crippen molar-refractivity contribution in [2.75, 3.05) is 6.54 Å².